The van der Waals surface area contributed by atoms with E-state index in [0.717, 1.165) is 0 Å². The van der Waals surface area contributed by atoms with E-state index in [1.165, 1.54) is 0 Å². The maximum atomic E-state index is 11.2. The van der Waals surface area contributed by atoms with Crippen LogP contribution in [0.15, 0.2) is 35.7 Å². The second-order valence-corrected chi connectivity index (χ2v) is 3.79. The SMILES string of the molecule is O=C(O)C1=C(Nc2ccc(Cl)cc2)OCC1=O. The fourth-order valence-corrected chi connectivity index (χ4v) is 1.51. The third kappa shape index (κ3) is 2.39. The van der Waals surface area contributed by atoms with Gasteiger partial charge in [-0.25, -0.2) is 4.79 Å². The van der Waals surface area contributed by atoms with Gasteiger partial charge < -0.3 is 15.2 Å². The number of ketones is 1. The maximum Gasteiger partial charge on any atom is 0.344 e. The molecule has 1 aromatic carbocycles. The molecule has 0 saturated heterocycles. The van der Waals surface area contributed by atoms with E-state index in [0.29, 0.717) is 10.7 Å². The van der Waals surface area contributed by atoms with Crippen LogP contribution in [0.3, 0.4) is 0 Å². The number of benzene rings is 1. The van der Waals surface area contributed by atoms with Crippen molar-refractivity contribution in [2.45, 2.75) is 0 Å². The first-order valence-electron chi connectivity index (χ1n) is 4.74. The zero-order chi connectivity index (χ0) is 12.4. The second kappa shape index (κ2) is 4.47. The number of hydrogen-bond acceptors (Lipinski definition) is 4. The first-order chi connectivity index (χ1) is 8.08. The van der Waals surface area contributed by atoms with Crippen molar-refractivity contribution in [2.24, 2.45) is 0 Å². The highest BCUT2D eigenvalue weighted by Crippen LogP contribution is 2.21. The molecule has 0 saturated carbocycles. The minimum Gasteiger partial charge on any atom is -0.477 e. The number of carboxylic acid groups (broad SMARTS) is 1. The van der Waals surface area contributed by atoms with E-state index >= 15 is 0 Å². The minimum absolute atomic E-state index is 0.0372. The zero-order valence-corrected chi connectivity index (χ0v) is 9.32. The highest BCUT2D eigenvalue weighted by Gasteiger charge is 2.30. The molecule has 1 heterocycles. The number of aliphatic carboxylic acids is 1. The molecule has 5 nitrogen and oxygen atoms in total. The first kappa shape index (κ1) is 11.5. The zero-order valence-electron chi connectivity index (χ0n) is 8.57. The number of carbonyl (C=O) groups excluding carboxylic acids is 1. The fraction of sp³-hybridized carbons (Fsp3) is 0.0909. The highest BCUT2D eigenvalue weighted by molar-refractivity contribution is 6.30. The molecule has 0 amide bonds. The summed E-state index contributed by atoms with van der Waals surface area (Å²) >= 11 is 5.71. The van der Waals surface area contributed by atoms with Crippen LogP contribution in [0, 0.1) is 0 Å². The van der Waals surface area contributed by atoms with Crippen LogP contribution in [0.2, 0.25) is 5.02 Å². The summed E-state index contributed by atoms with van der Waals surface area (Å²) in [4.78, 5) is 22.1. The molecule has 0 fully saturated rings. The number of rotatable bonds is 3. The molecule has 0 aromatic heterocycles. The normalized spacial score (nSPS) is 14.8. The average Bonchev–Trinajstić information content (AvgIpc) is 2.63. The Morgan fingerprint density at radius 3 is 2.59 bits per heavy atom. The van der Waals surface area contributed by atoms with E-state index in [-0.39, 0.29) is 18.1 Å². The minimum atomic E-state index is -1.30. The van der Waals surface area contributed by atoms with Crippen molar-refractivity contribution in [3.8, 4) is 0 Å². The Morgan fingerprint density at radius 1 is 1.35 bits per heavy atom. The lowest BCUT2D eigenvalue weighted by molar-refractivity contribution is -0.134. The van der Waals surface area contributed by atoms with Crippen molar-refractivity contribution < 1.29 is 19.4 Å². The summed E-state index contributed by atoms with van der Waals surface area (Å²) in [5.41, 5.74) is 0.234. The third-order valence-electron chi connectivity index (χ3n) is 2.17. The van der Waals surface area contributed by atoms with Gasteiger partial charge in [-0.1, -0.05) is 11.6 Å². The number of hydrogen-bond donors (Lipinski definition) is 2. The van der Waals surface area contributed by atoms with Gasteiger partial charge in [0.15, 0.2) is 12.2 Å². The lowest BCUT2D eigenvalue weighted by Crippen LogP contribution is -2.12. The third-order valence-corrected chi connectivity index (χ3v) is 2.42. The van der Waals surface area contributed by atoms with Crippen molar-refractivity contribution >= 4 is 29.0 Å². The molecular weight excluding hydrogens is 246 g/mol. The van der Waals surface area contributed by atoms with Crippen LogP contribution >= 0.6 is 11.6 Å². The van der Waals surface area contributed by atoms with Gasteiger partial charge in [0.2, 0.25) is 11.7 Å². The van der Waals surface area contributed by atoms with E-state index in [9.17, 15) is 9.59 Å². The molecule has 0 bridgehead atoms. The molecule has 2 N–H and O–H groups in total. The summed E-state index contributed by atoms with van der Waals surface area (Å²) in [6.45, 7) is -0.252. The van der Waals surface area contributed by atoms with Gasteiger partial charge in [-0.2, -0.15) is 0 Å². The molecule has 88 valence electrons. The standard InChI is InChI=1S/C11H8ClNO4/c12-6-1-3-7(4-2-6)13-10-9(11(15)16)8(14)5-17-10/h1-4,13H,5H2,(H,15,16). The van der Waals surface area contributed by atoms with Gasteiger partial charge >= 0.3 is 5.97 Å². The molecule has 17 heavy (non-hydrogen) atoms. The molecule has 2 rings (SSSR count). The Morgan fingerprint density at radius 2 is 2.00 bits per heavy atom. The molecule has 1 aliphatic rings. The van der Waals surface area contributed by atoms with Gasteiger partial charge in [0.1, 0.15) is 0 Å². The molecule has 0 unspecified atom stereocenters. The number of ether oxygens (including phenoxy) is 1. The van der Waals surface area contributed by atoms with Crippen molar-refractivity contribution in [1.29, 1.82) is 0 Å². The Kier molecular flexibility index (Phi) is 3.01. The van der Waals surface area contributed by atoms with E-state index in [1.54, 1.807) is 24.3 Å². The van der Waals surface area contributed by atoms with Gasteiger partial charge in [0, 0.05) is 10.7 Å². The van der Waals surface area contributed by atoms with Crippen LogP contribution in [0.4, 0.5) is 5.69 Å². The monoisotopic (exact) mass is 253 g/mol. The molecule has 0 spiro atoms. The summed E-state index contributed by atoms with van der Waals surface area (Å²) in [6.07, 6.45) is 0. The lowest BCUT2D eigenvalue weighted by atomic mass is 10.2. The van der Waals surface area contributed by atoms with E-state index in [4.69, 9.17) is 21.4 Å². The van der Waals surface area contributed by atoms with Gasteiger partial charge in [0.25, 0.3) is 0 Å². The Bertz CT molecular complexity index is 507. The average molecular weight is 254 g/mol. The summed E-state index contributed by atoms with van der Waals surface area (Å²) in [6, 6.07) is 6.59. The van der Waals surface area contributed by atoms with Gasteiger partial charge in [-0.15, -0.1) is 0 Å². The molecule has 1 aromatic rings. The maximum absolute atomic E-state index is 11.2. The lowest BCUT2D eigenvalue weighted by Gasteiger charge is -2.07. The summed E-state index contributed by atoms with van der Waals surface area (Å²) in [5.74, 6) is -1.89. The van der Waals surface area contributed by atoms with Crippen LogP contribution in [0.5, 0.6) is 0 Å². The predicted octanol–water partition coefficient (Wildman–Crippen LogP) is 1.65. The molecule has 0 atom stereocenters. The Labute approximate surface area is 102 Å². The number of halogens is 1. The number of Topliss-reactive ketones (excluding diaryl/α,β-unsaturated/α-hetero) is 1. The summed E-state index contributed by atoms with van der Waals surface area (Å²) in [5, 5.41) is 12.1. The van der Waals surface area contributed by atoms with Crippen molar-refractivity contribution in [3.05, 3.63) is 40.7 Å². The van der Waals surface area contributed by atoms with Gasteiger partial charge in [0.05, 0.1) is 0 Å². The molecule has 0 aliphatic carbocycles. The van der Waals surface area contributed by atoms with Crippen LogP contribution < -0.4 is 5.32 Å². The van der Waals surface area contributed by atoms with Crippen molar-refractivity contribution in [1.82, 2.24) is 0 Å². The number of anilines is 1. The summed E-state index contributed by atoms with van der Waals surface area (Å²) < 4.78 is 4.98. The van der Waals surface area contributed by atoms with E-state index in [2.05, 4.69) is 5.32 Å². The van der Waals surface area contributed by atoms with Crippen LogP contribution in [-0.2, 0) is 14.3 Å². The Hall–Kier alpha value is -2.01. The largest absolute Gasteiger partial charge is 0.477 e. The number of carbonyl (C=O) groups is 2. The van der Waals surface area contributed by atoms with Crippen LogP contribution in [0.1, 0.15) is 0 Å². The highest BCUT2D eigenvalue weighted by atomic mass is 35.5. The molecular formula is C11H8ClNO4. The molecule has 1 aliphatic heterocycles. The fourth-order valence-electron chi connectivity index (χ4n) is 1.39. The predicted molar refractivity (Wildman–Crippen MR) is 60.7 cm³/mol. The van der Waals surface area contributed by atoms with E-state index < -0.39 is 11.8 Å². The number of carboxylic acids is 1. The van der Waals surface area contributed by atoms with Gasteiger partial charge in [-0.05, 0) is 24.3 Å². The van der Waals surface area contributed by atoms with Crippen molar-refractivity contribution in [3.63, 3.8) is 0 Å². The topological polar surface area (TPSA) is 75.6 Å². The quantitative estimate of drug-likeness (QED) is 0.801. The van der Waals surface area contributed by atoms with E-state index in [1.807, 2.05) is 0 Å². The number of nitrogens with one attached hydrogen (secondary N) is 1. The summed E-state index contributed by atoms with van der Waals surface area (Å²) in [7, 11) is 0. The Balaban J connectivity index is 2.26. The molecule has 6 heteroatoms. The first-order valence-corrected chi connectivity index (χ1v) is 5.12. The van der Waals surface area contributed by atoms with Crippen LogP contribution in [0.25, 0.3) is 0 Å². The molecule has 0 radical (unpaired) electrons. The van der Waals surface area contributed by atoms with Crippen molar-refractivity contribution in [2.75, 3.05) is 11.9 Å². The van der Waals surface area contributed by atoms with Gasteiger partial charge in [-0.3, -0.25) is 4.79 Å². The smallest absolute Gasteiger partial charge is 0.344 e. The van der Waals surface area contributed by atoms with Crippen LogP contribution in [-0.4, -0.2) is 23.5 Å². The second-order valence-electron chi connectivity index (χ2n) is 3.35.